The third-order valence-electron chi connectivity index (χ3n) is 4.76. The highest BCUT2D eigenvalue weighted by Gasteiger charge is 2.19. The molecule has 0 saturated carbocycles. The quantitative estimate of drug-likeness (QED) is 0.476. The van der Waals surface area contributed by atoms with E-state index in [9.17, 15) is 22.0 Å². The van der Waals surface area contributed by atoms with Crippen LogP contribution in [0, 0.1) is 13.8 Å². The molecule has 0 aliphatic rings. The molecular formula is C23H21ClF2N2O3S. The predicted molar refractivity (Wildman–Crippen MR) is 122 cm³/mol. The Balaban J connectivity index is 1.81. The molecule has 2 N–H and O–H groups in total. The van der Waals surface area contributed by atoms with Gasteiger partial charge in [-0.15, -0.1) is 0 Å². The van der Waals surface area contributed by atoms with Gasteiger partial charge in [0, 0.05) is 16.3 Å². The summed E-state index contributed by atoms with van der Waals surface area (Å²) in [6, 6.07) is 16.3. The molecule has 32 heavy (non-hydrogen) atoms. The monoisotopic (exact) mass is 478 g/mol. The summed E-state index contributed by atoms with van der Waals surface area (Å²) < 4.78 is 52.9. The highest BCUT2D eigenvalue weighted by Crippen LogP contribution is 2.28. The maximum absolute atomic E-state index is 12.9. The molecule has 0 aliphatic carbocycles. The largest absolute Gasteiger partial charge is 0.346 e. The number of amides is 1. The average Bonchev–Trinajstić information content (AvgIpc) is 2.74. The van der Waals surface area contributed by atoms with Crippen LogP contribution >= 0.6 is 11.6 Å². The number of anilines is 1. The number of hydrogen-bond acceptors (Lipinski definition) is 3. The molecule has 0 atom stereocenters. The highest BCUT2D eigenvalue weighted by molar-refractivity contribution is 7.92. The zero-order valence-corrected chi connectivity index (χ0v) is 18.9. The van der Waals surface area contributed by atoms with Gasteiger partial charge in [0.1, 0.15) is 0 Å². The smallest absolute Gasteiger partial charge is 0.262 e. The molecule has 0 bridgehead atoms. The van der Waals surface area contributed by atoms with Gasteiger partial charge in [0.2, 0.25) is 0 Å². The molecule has 0 aliphatic heterocycles. The Morgan fingerprint density at radius 2 is 1.66 bits per heavy atom. The summed E-state index contributed by atoms with van der Waals surface area (Å²) in [6.45, 7) is 2.70. The molecule has 0 spiro atoms. The van der Waals surface area contributed by atoms with Crippen molar-refractivity contribution in [3.05, 3.63) is 82.4 Å². The first-order valence-corrected chi connectivity index (χ1v) is 11.5. The summed E-state index contributed by atoms with van der Waals surface area (Å²) >= 11 is 6.07. The van der Waals surface area contributed by atoms with Crippen LogP contribution in [0.3, 0.4) is 0 Å². The molecule has 0 aromatic heterocycles. The van der Waals surface area contributed by atoms with Gasteiger partial charge < -0.3 is 5.32 Å². The van der Waals surface area contributed by atoms with Crippen molar-refractivity contribution in [3.63, 3.8) is 0 Å². The second-order valence-corrected chi connectivity index (χ2v) is 9.29. The van der Waals surface area contributed by atoms with Gasteiger partial charge in [-0.1, -0.05) is 35.9 Å². The minimum atomic E-state index is -3.84. The summed E-state index contributed by atoms with van der Waals surface area (Å²) in [6.07, 6.45) is -2.62. The van der Waals surface area contributed by atoms with Gasteiger partial charge in [0.25, 0.3) is 22.4 Å². The van der Waals surface area contributed by atoms with Crippen LogP contribution in [-0.2, 0) is 10.0 Å². The number of alkyl halides is 2. The Kier molecular flexibility index (Phi) is 7.16. The van der Waals surface area contributed by atoms with Crippen molar-refractivity contribution in [3.8, 4) is 11.1 Å². The molecule has 3 aromatic carbocycles. The summed E-state index contributed by atoms with van der Waals surface area (Å²) in [4.78, 5) is 12.0. The molecule has 0 fully saturated rings. The Labute approximate surface area is 190 Å². The van der Waals surface area contributed by atoms with Crippen molar-refractivity contribution in [2.45, 2.75) is 25.2 Å². The maximum atomic E-state index is 12.9. The van der Waals surface area contributed by atoms with Crippen LogP contribution in [-0.4, -0.2) is 27.3 Å². The standard InChI is InChI=1S/C23H21ClF2N2O3S/c1-14-11-21(15(2)10-20(14)24)32(30,31)28-19-5-3-4-18(12-19)16-6-8-17(9-7-16)23(29)27-13-22(25)26/h3-12,22,28H,13H2,1-2H3,(H,27,29). The van der Waals surface area contributed by atoms with Crippen molar-refractivity contribution in [1.82, 2.24) is 5.32 Å². The third-order valence-corrected chi connectivity index (χ3v) is 6.69. The number of carbonyl (C=O) groups excluding carboxylic acids is 1. The summed E-state index contributed by atoms with van der Waals surface area (Å²) in [5, 5.41) is 2.64. The first kappa shape index (κ1) is 23.7. The Bertz CT molecular complexity index is 1250. The van der Waals surface area contributed by atoms with Crippen LogP contribution in [0.5, 0.6) is 0 Å². The average molecular weight is 479 g/mol. The lowest BCUT2D eigenvalue weighted by molar-refractivity contribution is 0.0891. The lowest BCUT2D eigenvalue weighted by Crippen LogP contribution is -2.28. The number of rotatable bonds is 7. The van der Waals surface area contributed by atoms with Crippen molar-refractivity contribution in [2.24, 2.45) is 0 Å². The van der Waals surface area contributed by atoms with Crippen LogP contribution in [0.2, 0.25) is 5.02 Å². The van der Waals surface area contributed by atoms with E-state index in [4.69, 9.17) is 11.6 Å². The molecule has 0 heterocycles. The maximum Gasteiger partial charge on any atom is 0.262 e. The van der Waals surface area contributed by atoms with E-state index in [1.54, 1.807) is 56.3 Å². The van der Waals surface area contributed by atoms with Gasteiger partial charge in [0.05, 0.1) is 11.4 Å². The minimum Gasteiger partial charge on any atom is -0.346 e. The van der Waals surface area contributed by atoms with E-state index in [-0.39, 0.29) is 10.5 Å². The second kappa shape index (κ2) is 9.67. The number of nitrogens with one attached hydrogen (secondary N) is 2. The summed E-state index contributed by atoms with van der Waals surface area (Å²) in [5.74, 6) is -0.591. The van der Waals surface area contributed by atoms with Gasteiger partial charge in [-0.05, 0) is 72.5 Å². The fourth-order valence-electron chi connectivity index (χ4n) is 3.10. The predicted octanol–water partition coefficient (Wildman–Crippen LogP) is 5.42. The van der Waals surface area contributed by atoms with Crippen LogP contribution in [0.25, 0.3) is 11.1 Å². The molecular weight excluding hydrogens is 458 g/mol. The normalized spacial score (nSPS) is 11.4. The number of aryl methyl sites for hydroxylation is 2. The van der Waals surface area contributed by atoms with Gasteiger partial charge in [-0.2, -0.15) is 0 Å². The molecule has 3 rings (SSSR count). The van der Waals surface area contributed by atoms with E-state index in [0.29, 0.717) is 27.4 Å². The van der Waals surface area contributed by atoms with Crippen molar-refractivity contribution >= 4 is 33.2 Å². The first-order chi connectivity index (χ1) is 15.1. The molecule has 1 amide bonds. The number of sulfonamides is 1. The van der Waals surface area contributed by atoms with E-state index in [1.807, 2.05) is 0 Å². The number of hydrogen-bond donors (Lipinski definition) is 2. The first-order valence-electron chi connectivity index (χ1n) is 9.63. The van der Waals surface area contributed by atoms with E-state index in [0.717, 1.165) is 5.56 Å². The number of benzene rings is 3. The topological polar surface area (TPSA) is 75.3 Å². The van der Waals surface area contributed by atoms with Crippen molar-refractivity contribution < 1.29 is 22.0 Å². The fourth-order valence-corrected chi connectivity index (χ4v) is 4.68. The van der Waals surface area contributed by atoms with E-state index in [1.165, 1.54) is 18.2 Å². The Morgan fingerprint density at radius 3 is 2.31 bits per heavy atom. The van der Waals surface area contributed by atoms with Gasteiger partial charge >= 0.3 is 0 Å². The summed E-state index contributed by atoms with van der Waals surface area (Å²) in [5.41, 5.74) is 3.26. The fraction of sp³-hybridized carbons (Fsp3) is 0.174. The minimum absolute atomic E-state index is 0.143. The lowest BCUT2D eigenvalue weighted by Gasteiger charge is -2.13. The molecule has 3 aromatic rings. The number of carbonyl (C=O) groups is 1. The Morgan fingerprint density at radius 1 is 0.969 bits per heavy atom. The molecule has 5 nitrogen and oxygen atoms in total. The third kappa shape index (κ3) is 5.63. The van der Waals surface area contributed by atoms with Crippen LogP contribution in [0.4, 0.5) is 14.5 Å². The SMILES string of the molecule is Cc1cc(S(=O)(=O)Nc2cccc(-c3ccc(C(=O)NCC(F)F)cc3)c2)c(C)cc1Cl. The zero-order valence-electron chi connectivity index (χ0n) is 17.3. The van der Waals surface area contributed by atoms with E-state index < -0.39 is 28.9 Å². The zero-order chi connectivity index (χ0) is 23.5. The molecule has 168 valence electrons. The van der Waals surface area contributed by atoms with E-state index >= 15 is 0 Å². The Hall–Kier alpha value is -2.97. The molecule has 0 saturated heterocycles. The van der Waals surface area contributed by atoms with Gasteiger partial charge in [0.15, 0.2) is 0 Å². The number of halogens is 3. The highest BCUT2D eigenvalue weighted by atomic mass is 35.5. The van der Waals surface area contributed by atoms with Gasteiger partial charge in [-0.25, -0.2) is 17.2 Å². The van der Waals surface area contributed by atoms with Crippen LogP contribution in [0.15, 0.2) is 65.6 Å². The van der Waals surface area contributed by atoms with Crippen molar-refractivity contribution in [2.75, 3.05) is 11.3 Å². The second-order valence-electron chi connectivity index (χ2n) is 7.23. The molecule has 0 unspecified atom stereocenters. The summed E-state index contributed by atoms with van der Waals surface area (Å²) in [7, 11) is -3.84. The molecule has 0 radical (unpaired) electrons. The van der Waals surface area contributed by atoms with Crippen LogP contribution in [0.1, 0.15) is 21.5 Å². The molecule has 9 heteroatoms. The lowest BCUT2D eigenvalue weighted by atomic mass is 10.0. The van der Waals surface area contributed by atoms with Crippen LogP contribution < -0.4 is 10.0 Å². The van der Waals surface area contributed by atoms with Gasteiger partial charge in [-0.3, -0.25) is 9.52 Å². The van der Waals surface area contributed by atoms with Crippen molar-refractivity contribution in [1.29, 1.82) is 0 Å². The van der Waals surface area contributed by atoms with E-state index in [2.05, 4.69) is 10.0 Å².